The number of carbonyl (C=O) groups is 2. The lowest BCUT2D eigenvalue weighted by atomic mass is 9.88. The van der Waals surface area contributed by atoms with Crippen LogP contribution in [0.1, 0.15) is 12.8 Å². The highest BCUT2D eigenvalue weighted by Gasteiger charge is 2.53. The van der Waals surface area contributed by atoms with Gasteiger partial charge in [-0.3, -0.25) is 9.69 Å². The van der Waals surface area contributed by atoms with Crippen molar-refractivity contribution in [1.29, 1.82) is 0 Å². The molecule has 72 valence electrons. The summed E-state index contributed by atoms with van der Waals surface area (Å²) in [5, 5.41) is 11.6. The van der Waals surface area contributed by atoms with E-state index in [1.807, 2.05) is 11.9 Å². The zero-order chi connectivity index (χ0) is 9.64. The molecule has 2 rings (SSSR count). The molecule has 2 saturated heterocycles. The fourth-order valence-electron chi connectivity index (χ4n) is 2.08. The SMILES string of the molecule is CN1CCC2(C(=O)O)CC1C(=O)N2. The van der Waals surface area contributed by atoms with Gasteiger partial charge < -0.3 is 10.4 Å². The Bertz CT molecular complexity index is 279. The molecule has 13 heavy (non-hydrogen) atoms. The number of rotatable bonds is 1. The maximum absolute atomic E-state index is 11.4. The molecule has 0 saturated carbocycles. The summed E-state index contributed by atoms with van der Waals surface area (Å²) in [6.07, 6.45) is 0.902. The molecular weight excluding hydrogens is 172 g/mol. The van der Waals surface area contributed by atoms with Gasteiger partial charge in [-0.15, -0.1) is 0 Å². The molecule has 5 heteroatoms. The van der Waals surface area contributed by atoms with Crippen molar-refractivity contribution in [1.82, 2.24) is 10.2 Å². The zero-order valence-electron chi connectivity index (χ0n) is 7.41. The first-order valence-corrected chi connectivity index (χ1v) is 4.31. The molecule has 0 aromatic heterocycles. The van der Waals surface area contributed by atoms with Crippen LogP contribution in [0.25, 0.3) is 0 Å². The Morgan fingerprint density at radius 3 is 3.08 bits per heavy atom. The van der Waals surface area contributed by atoms with Crippen molar-refractivity contribution < 1.29 is 14.7 Å². The van der Waals surface area contributed by atoms with Crippen molar-refractivity contribution in [2.24, 2.45) is 0 Å². The minimum atomic E-state index is -0.978. The maximum Gasteiger partial charge on any atom is 0.329 e. The molecule has 2 aliphatic rings. The highest BCUT2D eigenvalue weighted by Crippen LogP contribution is 2.32. The zero-order valence-corrected chi connectivity index (χ0v) is 7.41. The number of nitrogens with zero attached hydrogens (tertiary/aromatic N) is 1. The standard InChI is InChI=1S/C8H12N2O3/c1-10-3-2-8(7(12)13)4-5(10)6(11)9-8/h5H,2-4H2,1H3,(H,9,11)(H,12,13). The lowest BCUT2D eigenvalue weighted by molar-refractivity contribution is -0.146. The first-order valence-electron chi connectivity index (χ1n) is 4.31. The number of likely N-dealkylation sites (N-methyl/N-ethyl adjacent to an activating group) is 1. The molecule has 1 amide bonds. The predicted octanol–water partition coefficient (Wildman–Crippen LogP) is -0.966. The number of hydrogen-bond acceptors (Lipinski definition) is 3. The minimum Gasteiger partial charge on any atom is -0.480 e. The summed E-state index contributed by atoms with van der Waals surface area (Å²) in [7, 11) is 1.85. The molecule has 2 unspecified atom stereocenters. The van der Waals surface area contributed by atoms with E-state index in [-0.39, 0.29) is 11.9 Å². The summed E-state index contributed by atoms with van der Waals surface area (Å²) in [5.74, 6) is -1.06. The van der Waals surface area contributed by atoms with Crippen molar-refractivity contribution in [2.45, 2.75) is 24.4 Å². The van der Waals surface area contributed by atoms with E-state index in [0.717, 1.165) is 0 Å². The summed E-state index contributed by atoms with van der Waals surface area (Å²) >= 11 is 0. The summed E-state index contributed by atoms with van der Waals surface area (Å²) in [5.41, 5.74) is -0.978. The van der Waals surface area contributed by atoms with Gasteiger partial charge in [0.2, 0.25) is 5.91 Å². The smallest absolute Gasteiger partial charge is 0.329 e. The number of amides is 1. The number of carboxylic acid groups (broad SMARTS) is 1. The normalized spacial score (nSPS) is 38.8. The number of hydrogen-bond donors (Lipinski definition) is 2. The Morgan fingerprint density at radius 2 is 2.46 bits per heavy atom. The third-order valence-corrected chi connectivity index (χ3v) is 3.04. The number of piperidine rings is 1. The number of carboxylic acids is 1. The molecule has 0 spiro atoms. The van der Waals surface area contributed by atoms with E-state index >= 15 is 0 Å². The van der Waals surface area contributed by atoms with Crippen LogP contribution in [-0.2, 0) is 9.59 Å². The molecule has 0 aromatic rings. The topological polar surface area (TPSA) is 69.6 Å². The first-order chi connectivity index (χ1) is 6.05. The van der Waals surface area contributed by atoms with Crippen LogP contribution in [-0.4, -0.2) is 47.1 Å². The van der Waals surface area contributed by atoms with E-state index < -0.39 is 11.5 Å². The molecule has 2 bridgehead atoms. The summed E-state index contributed by atoms with van der Waals surface area (Å²) in [4.78, 5) is 24.2. The van der Waals surface area contributed by atoms with Gasteiger partial charge in [-0.2, -0.15) is 0 Å². The van der Waals surface area contributed by atoms with Crippen LogP contribution in [0.3, 0.4) is 0 Å². The quantitative estimate of drug-likeness (QED) is 0.550. The average Bonchev–Trinajstić information content (AvgIpc) is 2.35. The molecule has 2 heterocycles. The fraction of sp³-hybridized carbons (Fsp3) is 0.750. The summed E-state index contributed by atoms with van der Waals surface area (Å²) in [6.45, 7) is 0.662. The molecule has 2 aliphatic heterocycles. The number of carbonyl (C=O) groups excluding carboxylic acids is 1. The fourth-order valence-corrected chi connectivity index (χ4v) is 2.08. The number of likely N-dealkylation sites (tertiary alicyclic amines) is 1. The number of nitrogens with one attached hydrogen (secondary N) is 1. The van der Waals surface area contributed by atoms with E-state index in [0.29, 0.717) is 19.4 Å². The van der Waals surface area contributed by atoms with Crippen molar-refractivity contribution in [3.8, 4) is 0 Å². The van der Waals surface area contributed by atoms with Gasteiger partial charge in [0.25, 0.3) is 0 Å². The molecule has 5 nitrogen and oxygen atoms in total. The lowest BCUT2D eigenvalue weighted by Crippen LogP contribution is -2.51. The lowest BCUT2D eigenvalue weighted by Gasteiger charge is -2.32. The van der Waals surface area contributed by atoms with Gasteiger partial charge in [-0.05, 0) is 13.5 Å². The second kappa shape index (κ2) is 2.45. The molecule has 0 aliphatic carbocycles. The van der Waals surface area contributed by atoms with E-state index in [1.54, 1.807) is 0 Å². The second-order valence-electron chi connectivity index (χ2n) is 3.83. The Balaban J connectivity index is 2.29. The summed E-state index contributed by atoms with van der Waals surface area (Å²) < 4.78 is 0. The Labute approximate surface area is 75.7 Å². The third kappa shape index (κ3) is 1.03. The molecule has 0 radical (unpaired) electrons. The van der Waals surface area contributed by atoms with Gasteiger partial charge in [0.05, 0.1) is 6.04 Å². The van der Waals surface area contributed by atoms with E-state index in [2.05, 4.69) is 5.32 Å². The first kappa shape index (κ1) is 8.50. The van der Waals surface area contributed by atoms with Crippen LogP contribution in [0.15, 0.2) is 0 Å². The largest absolute Gasteiger partial charge is 0.480 e. The van der Waals surface area contributed by atoms with E-state index in [1.165, 1.54) is 0 Å². The Hall–Kier alpha value is -1.10. The van der Waals surface area contributed by atoms with Crippen LogP contribution >= 0.6 is 0 Å². The monoisotopic (exact) mass is 184 g/mol. The van der Waals surface area contributed by atoms with E-state index in [9.17, 15) is 9.59 Å². The highest BCUT2D eigenvalue weighted by molar-refractivity contribution is 5.94. The average molecular weight is 184 g/mol. The van der Waals surface area contributed by atoms with Crippen molar-refractivity contribution in [3.05, 3.63) is 0 Å². The predicted molar refractivity (Wildman–Crippen MR) is 44.2 cm³/mol. The van der Waals surface area contributed by atoms with Crippen LogP contribution in [0, 0.1) is 0 Å². The van der Waals surface area contributed by atoms with Gasteiger partial charge in [0, 0.05) is 13.0 Å². The van der Waals surface area contributed by atoms with Crippen molar-refractivity contribution >= 4 is 11.9 Å². The maximum atomic E-state index is 11.4. The van der Waals surface area contributed by atoms with Crippen LogP contribution in [0.2, 0.25) is 0 Å². The van der Waals surface area contributed by atoms with Crippen LogP contribution in [0.4, 0.5) is 0 Å². The molecule has 2 fully saturated rings. The molecule has 2 N–H and O–H groups in total. The summed E-state index contributed by atoms with van der Waals surface area (Å²) in [6, 6.07) is -0.246. The van der Waals surface area contributed by atoms with E-state index in [4.69, 9.17) is 5.11 Å². The van der Waals surface area contributed by atoms with Crippen LogP contribution < -0.4 is 5.32 Å². The second-order valence-corrected chi connectivity index (χ2v) is 3.83. The van der Waals surface area contributed by atoms with Gasteiger partial charge >= 0.3 is 5.97 Å². The van der Waals surface area contributed by atoms with Gasteiger partial charge in [0.1, 0.15) is 5.54 Å². The van der Waals surface area contributed by atoms with Crippen molar-refractivity contribution in [2.75, 3.05) is 13.6 Å². The van der Waals surface area contributed by atoms with Crippen molar-refractivity contribution in [3.63, 3.8) is 0 Å². The van der Waals surface area contributed by atoms with Gasteiger partial charge in [-0.25, -0.2) is 4.79 Å². The Morgan fingerprint density at radius 1 is 1.77 bits per heavy atom. The molecule has 2 atom stereocenters. The van der Waals surface area contributed by atoms with Crippen LogP contribution in [0.5, 0.6) is 0 Å². The van der Waals surface area contributed by atoms with Gasteiger partial charge in [0.15, 0.2) is 0 Å². The number of aliphatic carboxylic acids is 1. The minimum absolute atomic E-state index is 0.151. The molecule has 0 aromatic carbocycles. The molecular formula is C8H12N2O3. The van der Waals surface area contributed by atoms with Gasteiger partial charge in [-0.1, -0.05) is 0 Å². The third-order valence-electron chi connectivity index (χ3n) is 3.04. The number of fused-ring (bicyclic) bond motifs is 2. The Kier molecular flexibility index (Phi) is 1.60. The highest BCUT2D eigenvalue weighted by atomic mass is 16.4.